The number of nitrogens with one attached hydrogen (secondary N) is 2. The van der Waals surface area contributed by atoms with Crippen LogP contribution < -0.4 is 20.1 Å². The Labute approximate surface area is 215 Å². The zero-order valence-electron chi connectivity index (χ0n) is 20.8. The Balaban J connectivity index is 1.32. The number of aliphatic hydroxyl groups is 2. The molecule has 0 saturated heterocycles. The van der Waals surface area contributed by atoms with Gasteiger partial charge in [0.25, 0.3) is 5.91 Å². The predicted molar refractivity (Wildman–Crippen MR) is 139 cm³/mol. The number of benzene rings is 3. The monoisotopic (exact) mass is 502 g/mol. The smallest absolute Gasteiger partial charge is 0.251 e. The Morgan fingerprint density at radius 1 is 0.946 bits per heavy atom. The maximum Gasteiger partial charge on any atom is 0.251 e. The lowest BCUT2D eigenvalue weighted by atomic mass is 9.94. The van der Waals surface area contributed by atoms with Crippen LogP contribution in [0, 0.1) is 6.92 Å². The second-order valence-electron chi connectivity index (χ2n) is 10.0. The third-order valence-electron chi connectivity index (χ3n) is 7.18. The second kappa shape index (κ2) is 9.53. The lowest BCUT2D eigenvalue weighted by Crippen LogP contribution is -2.51. The highest BCUT2D eigenvalue weighted by Gasteiger charge is 2.51. The summed E-state index contributed by atoms with van der Waals surface area (Å²) in [4.78, 5) is 25.9. The summed E-state index contributed by atoms with van der Waals surface area (Å²) < 4.78 is 10.9. The fourth-order valence-corrected chi connectivity index (χ4v) is 4.50. The van der Waals surface area contributed by atoms with Crippen molar-refractivity contribution in [1.29, 1.82) is 0 Å². The maximum absolute atomic E-state index is 13.4. The van der Waals surface area contributed by atoms with Gasteiger partial charge in [-0.3, -0.25) is 9.59 Å². The number of aryl methyl sites for hydroxylation is 1. The first-order chi connectivity index (χ1) is 17.8. The first kappa shape index (κ1) is 24.8. The second-order valence-corrected chi connectivity index (χ2v) is 10.0. The van der Waals surface area contributed by atoms with E-state index in [1.54, 1.807) is 19.1 Å². The Morgan fingerprint density at radius 3 is 2.32 bits per heavy atom. The zero-order valence-corrected chi connectivity index (χ0v) is 20.8. The molecular formula is C29H30N2O6. The van der Waals surface area contributed by atoms with Crippen LogP contribution in [0.1, 0.15) is 41.3 Å². The lowest BCUT2D eigenvalue weighted by molar-refractivity contribution is -0.118. The van der Waals surface area contributed by atoms with Gasteiger partial charge in [-0.2, -0.15) is 0 Å². The molecule has 5 rings (SSSR count). The van der Waals surface area contributed by atoms with Crippen molar-refractivity contribution in [2.45, 2.75) is 37.6 Å². The summed E-state index contributed by atoms with van der Waals surface area (Å²) in [6, 6.07) is 18.5. The molecule has 0 unspecified atom stereocenters. The van der Waals surface area contributed by atoms with Gasteiger partial charge in [-0.15, -0.1) is 0 Å². The Hall–Kier alpha value is -3.88. The number of carbonyl (C=O) groups is 2. The highest BCUT2D eigenvalue weighted by Crippen LogP contribution is 2.51. The van der Waals surface area contributed by atoms with E-state index < -0.39 is 11.0 Å². The molecule has 8 heteroatoms. The van der Waals surface area contributed by atoms with Gasteiger partial charge >= 0.3 is 0 Å². The van der Waals surface area contributed by atoms with Gasteiger partial charge in [0.15, 0.2) is 11.5 Å². The third-order valence-corrected chi connectivity index (χ3v) is 7.18. The molecule has 192 valence electrons. The van der Waals surface area contributed by atoms with E-state index in [0.717, 1.165) is 35.1 Å². The van der Waals surface area contributed by atoms with Gasteiger partial charge in [0, 0.05) is 11.3 Å². The van der Waals surface area contributed by atoms with Gasteiger partial charge in [-0.05, 0) is 85.3 Å². The molecule has 0 aromatic heterocycles. The van der Waals surface area contributed by atoms with Crippen LogP contribution >= 0.6 is 0 Å². The van der Waals surface area contributed by atoms with E-state index >= 15 is 0 Å². The molecule has 0 atom stereocenters. The first-order valence-corrected chi connectivity index (χ1v) is 12.2. The SMILES string of the molecule is Cc1ccc(NC(=O)C2(c3ccc4c(c3)OCO4)CC2)cc1-c1ccc(C(=O)NC(C)(CO)CO)cc1. The predicted octanol–water partition coefficient (Wildman–Crippen LogP) is 3.53. The Kier molecular flexibility index (Phi) is 6.39. The van der Waals surface area contributed by atoms with Crippen molar-refractivity contribution in [2.75, 3.05) is 25.3 Å². The van der Waals surface area contributed by atoms with Crippen LogP contribution in [0.3, 0.4) is 0 Å². The van der Waals surface area contributed by atoms with Gasteiger partial charge in [0.1, 0.15) is 0 Å². The summed E-state index contributed by atoms with van der Waals surface area (Å²) in [5.74, 6) is 0.934. The average Bonchev–Trinajstić information content (AvgIpc) is 3.60. The van der Waals surface area contributed by atoms with Crippen molar-refractivity contribution >= 4 is 17.5 Å². The number of aliphatic hydroxyl groups excluding tert-OH is 2. The molecular weight excluding hydrogens is 472 g/mol. The van der Waals surface area contributed by atoms with Crippen LogP contribution in [0.25, 0.3) is 11.1 Å². The number of anilines is 1. The summed E-state index contributed by atoms with van der Waals surface area (Å²) in [6.07, 6.45) is 1.54. The van der Waals surface area contributed by atoms with Crippen molar-refractivity contribution < 1.29 is 29.3 Å². The maximum atomic E-state index is 13.4. The van der Waals surface area contributed by atoms with Crippen molar-refractivity contribution in [2.24, 2.45) is 0 Å². The molecule has 8 nitrogen and oxygen atoms in total. The topological polar surface area (TPSA) is 117 Å². The molecule has 1 aliphatic carbocycles. The van der Waals surface area contributed by atoms with E-state index in [0.29, 0.717) is 22.7 Å². The standard InChI is InChI=1S/C29H30N2O6/c1-18-3-9-22(30-27(35)29(11-12-29)21-8-10-24-25(13-21)37-17-36-24)14-23(18)19-4-6-20(7-5-19)26(34)31-28(2,15-32)16-33/h3-10,13-14,32-33H,11-12,15-17H2,1-2H3,(H,30,35)(H,31,34). The van der Waals surface area contributed by atoms with Gasteiger partial charge in [0.2, 0.25) is 12.7 Å². The first-order valence-electron chi connectivity index (χ1n) is 12.2. The van der Waals surface area contributed by atoms with Gasteiger partial charge < -0.3 is 30.3 Å². The van der Waals surface area contributed by atoms with Crippen LogP contribution in [-0.4, -0.2) is 47.6 Å². The minimum absolute atomic E-state index is 0.0518. The summed E-state index contributed by atoms with van der Waals surface area (Å²) in [6.45, 7) is 3.01. The zero-order chi connectivity index (χ0) is 26.2. The Morgan fingerprint density at radius 2 is 1.65 bits per heavy atom. The van der Waals surface area contributed by atoms with Gasteiger partial charge in [-0.25, -0.2) is 0 Å². The Bertz CT molecular complexity index is 1340. The fraction of sp³-hybridized carbons (Fsp3) is 0.310. The number of carbonyl (C=O) groups excluding carboxylic acids is 2. The quantitative estimate of drug-likeness (QED) is 0.374. The normalized spacial score (nSPS) is 15.2. The van der Waals surface area contributed by atoms with E-state index in [2.05, 4.69) is 10.6 Å². The molecule has 37 heavy (non-hydrogen) atoms. The van der Waals surface area contributed by atoms with Crippen molar-refractivity contribution in [3.05, 3.63) is 77.4 Å². The van der Waals surface area contributed by atoms with E-state index in [9.17, 15) is 19.8 Å². The third kappa shape index (κ3) is 4.77. The molecule has 1 aliphatic heterocycles. The number of rotatable bonds is 8. The molecule has 0 spiro atoms. The summed E-state index contributed by atoms with van der Waals surface area (Å²) in [7, 11) is 0. The summed E-state index contributed by atoms with van der Waals surface area (Å²) in [5, 5.41) is 24.6. The van der Waals surface area contributed by atoms with E-state index in [-0.39, 0.29) is 31.8 Å². The minimum atomic E-state index is -1.10. The molecule has 2 amide bonds. The lowest BCUT2D eigenvalue weighted by Gasteiger charge is -2.26. The summed E-state index contributed by atoms with van der Waals surface area (Å²) in [5.41, 5.74) is 3.23. The van der Waals surface area contributed by atoms with Crippen molar-refractivity contribution in [1.82, 2.24) is 5.32 Å². The molecule has 2 aliphatic rings. The molecule has 0 bridgehead atoms. The van der Waals surface area contributed by atoms with Crippen LogP contribution in [0.4, 0.5) is 5.69 Å². The van der Waals surface area contributed by atoms with E-state index in [1.807, 2.05) is 55.5 Å². The highest BCUT2D eigenvalue weighted by molar-refractivity contribution is 6.02. The highest BCUT2D eigenvalue weighted by atomic mass is 16.7. The van der Waals surface area contributed by atoms with Crippen LogP contribution in [-0.2, 0) is 10.2 Å². The van der Waals surface area contributed by atoms with Crippen LogP contribution in [0.15, 0.2) is 60.7 Å². The molecule has 0 radical (unpaired) electrons. The molecule has 1 heterocycles. The van der Waals surface area contributed by atoms with Gasteiger partial charge in [0.05, 0.1) is 24.2 Å². The number of hydrogen-bond donors (Lipinski definition) is 4. The molecule has 3 aromatic rings. The molecule has 3 aromatic carbocycles. The van der Waals surface area contributed by atoms with E-state index in [1.165, 1.54) is 0 Å². The minimum Gasteiger partial charge on any atom is -0.454 e. The fourth-order valence-electron chi connectivity index (χ4n) is 4.50. The van der Waals surface area contributed by atoms with E-state index in [4.69, 9.17) is 9.47 Å². The van der Waals surface area contributed by atoms with Crippen molar-refractivity contribution in [3.63, 3.8) is 0 Å². The number of ether oxygens (including phenoxy) is 2. The average molecular weight is 503 g/mol. The molecule has 1 fully saturated rings. The molecule has 1 saturated carbocycles. The number of fused-ring (bicyclic) bond motifs is 1. The van der Waals surface area contributed by atoms with Crippen LogP contribution in [0.2, 0.25) is 0 Å². The van der Waals surface area contributed by atoms with Crippen molar-refractivity contribution in [3.8, 4) is 22.6 Å². The number of hydrogen-bond acceptors (Lipinski definition) is 6. The van der Waals surface area contributed by atoms with Gasteiger partial charge in [-0.1, -0.05) is 24.3 Å². The largest absolute Gasteiger partial charge is 0.454 e. The number of amides is 2. The van der Waals surface area contributed by atoms with Crippen LogP contribution in [0.5, 0.6) is 11.5 Å². The molecule has 4 N–H and O–H groups in total. The summed E-state index contributed by atoms with van der Waals surface area (Å²) >= 11 is 0.